The van der Waals surface area contributed by atoms with Crippen molar-refractivity contribution >= 4 is 0 Å². The minimum atomic E-state index is 0.643. The molecule has 1 aliphatic heterocycles. The van der Waals surface area contributed by atoms with Gasteiger partial charge in [-0.15, -0.1) is 0 Å². The first kappa shape index (κ1) is 6.99. The topological polar surface area (TPSA) is 36.1 Å². The monoisotopic (exact) mass is 129 g/mol. The molecule has 9 heavy (non-hydrogen) atoms. The third kappa shape index (κ3) is 2.30. The van der Waals surface area contributed by atoms with E-state index in [0.717, 1.165) is 19.6 Å². The Morgan fingerprint density at radius 2 is 2.56 bits per heavy atom. The van der Waals surface area contributed by atoms with Gasteiger partial charge in [-0.3, -0.25) is 10.9 Å². The van der Waals surface area contributed by atoms with Crippen LogP contribution in [0.4, 0.5) is 0 Å². The predicted octanol–water partition coefficient (Wildman–Crippen LogP) is -0.538. The maximum absolute atomic E-state index is 3.28. The Balaban J connectivity index is 1.98. The van der Waals surface area contributed by atoms with Crippen LogP contribution in [-0.4, -0.2) is 25.7 Å². The second-order valence-electron chi connectivity index (χ2n) is 2.36. The van der Waals surface area contributed by atoms with Crippen LogP contribution < -0.4 is 16.2 Å². The summed E-state index contributed by atoms with van der Waals surface area (Å²) in [6, 6.07) is 0.643. The number of hydrogen-bond acceptors (Lipinski definition) is 3. The van der Waals surface area contributed by atoms with Gasteiger partial charge in [0.2, 0.25) is 0 Å². The lowest BCUT2D eigenvalue weighted by Crippen LogP contribution is -2.41. The molecule has 0 aromatic heterocycles. The number of hydrogen-bond donors (Lipinski definition) is 3. The van der Waals surface area contributed by atoms with Crippen LogP contribution in [0.3, 0.4) is 0 Å². The SMILES string of the molecule is CCNNC1CCNC1. The molecule has 1 aliphatic rings. The Hall–Kier alpha value is -0.120. The highest BCUT2D eigenvalue weighted by atomic mass is 15.4. The Bertz CT molecular complexity index is 68.7. The Kier molecular flexibility index (Phi) is 2.97. The van der Waals surface area contributed by atoms with E-state index >= 15 is 0 Å². The van der Waals surface area contributed by atoms with E-state index < -0.39 is 0 Å². The van der Waals surface area contributed by atoms with E-state index in [1.807, 2.05) is 0 Å². The van der Waals surface area contributed by atoms with Gasteiger partial charge in [0.25, 0.3) is 0 Å². The molecule has 3 heteroatoms. The second kappa shape index (κ2) is 3.82. The lowest BCUT2D eigenvalue weighted by atomic mass is 10.3. The summed E-state index contributed by atoms with van der Waals surface area (Å²) in [5, 5.41) is 3.28. The highest BCUT2D eigenvalue weighted by Gasteiger charge is 2.11. The van der Waals surface area contributed by atoms with Crippen molar-refractivity contribution in [1.82, 2.24) is 16.2 Å². The fourth-order valence-electron chi connectivity index (χ4n) is 1.02. The summed E-state index contributed by atoms with van der Waals surface area (Å²) in [6.45, 7) is 5.35. The van der Waals surface area contributed by atoms with Crippen LogP contribution in [-0.2, 0) is 0 Å². The molecule has 54 valence electrons. The van der Waals surface area contributed by atoms with Crippen molar-refractivity contribution in [1.29, 1.82) is 0 Å². The van der Waals surface area contributed by atoms with E-state index in [2.05, 4.69) is 23.1 Å². The molecule has 0 aliphatic carbocycles. The molecule has 1 unspecified atom stereocenters. The molecule has 0 amide bonds. The lowest BCUT2D eigenvalue weighted by molar-refractivity contribution is 0.461. The van der Waals surface area contributed by atoms with Crippen molar-refractivity contribution in [3.05, 3.63) is 0 Å². The molecule has 3 nitrogen and oxygen atoms in total. The number of hydrazine groups is 1. The molecule has 1 saturated heterocycles. The molecule has 3 N–H and O–H groups in total. The van der Waals surface area contributed by atoms with E-state index in [1.165, 1.54) is 6.42 Å². The zero-order chi connectivity index (χ0) is 6.53. The molecular weight excluding hydrogens is 114 g/mol. The Morgan fingerprint density at radius 1 is 1.67 bits per heavy atom. The molecule has 0 radical (unpaired) electrons. The Labute approximate surface area is 56.2 Å². The van der Waals surface area contributed by atoms with E-state index in [-0.39, 0.29) is 0 Å². The van der Waals surface area contributed by atoms with Crippen LogP contribution in [0.2, 0.25) is 0 Å². The summed E-state index contributed by atoms with van der Waals surface area (Å²) >= 11 is 0. The number of rotatable bonds is 3. The molecule has 0 aromatic rings. The second-order valence-corrected chi connectivity index (χ2v) is 2.36. The molecule has 1 fully saturated rings. The van der Waals surface area contributed by atoms with Crippen LogP contribution in [0.25, 0.3) is 0 Å². The third-order valence-electron chi connectivity index (χ3n) is 1.54. The first-order chi connectivity index (χ1) is 4.43. The molecule has 0 saturated carbocycles. The normalized spacial score (nSPS) is 27.0. The molecule has 0 spiro atoms. The summed E-state index contributed by atoms with van der Waals surface area (Å²) in [7, 11) is 0. The summed E-state index contributed by atoms with van der Waals surface area (Å²) in [4.78, 5) is 0. The highest BCUT2D eigenvalue weighted by molar-refractivity contribution is 4.75. The maximum Gasteiger partial charge on any atom is 0.0349 e. The van der Waals surface area contributed by atoms with Crippen LogP contribution in [0.1, 0.15) is 13.3 Å². The maximum atomic E-state index is 3.28. The molecule has 0 bridgehead atoms. The van der Waals surface area contributed by atoms with Crippen molar-refractivity contribution in [2.24, 2.45) is 0 Å². The fraction of sp³-hybridized carbons (Fsp3) is 1.00. The molecule has 1 atom stereocenters. The van der Waals surface area contributed by atoms with Gasteiger partial charge in [-0.05, 0) is 13.0 Å². The van der Waals surface area contributed by atoms with Crippen molar-refractivity contribution in [3.63, 3.8) is 0 Å². The average Bonchev–Trinajstić information content (AvgIpc) is 2.34. The largest absolute Gasteiger partial charge is 0.315 e. The van der Waals surface area contributed by atoms with Gasteiger partial charge in [0.1, 0.15) is 0 Å². The summed E-state index contributed by atoms with van der Waals surface area (Å²) < 4.78 is 0. The van der Waals surface area contributed by atoms with Crippen LogP contribution in [0.15, 0.2) is 0 Å². The molecule has 1 heterocycles. The fourth-order valence-corrected chi connectivity index (χ4v) is 1.02. The first-order valence-corrected chi connectivity index (χ1v) is 3.62. The van der Waals surface area contributed by atoms with Crippen molar-refractivity contribution < 1.29 is 0 Å². The minimum absolute atomic E-state index is 0.643. The van der Waals surface area contributed by atoms with Gasteiger partial charge in [-0.1, -0.05) is 6.92 Å². The van der Waals surface area contributed by atoms with Gasteiger partial charge in [-0.2, -0.15) is 0 Å². The highest BCUT2D eigenvalue weighted by Crippen LogP contribution is 1.93. The first-order valence-electron chi connectivity index (χ1n) is 3.62. The van der Waals surface area contributed by atoms with Gasteiger partial charge in [0.05, 0.1) is 0 Å². The lowest BCUT2D eigenvalue weighted by Gasteiger charge is -2.09. The summed E-state index contributed by atoms with van der Waals surface area (Å²) in [5.41, 5.74) is 6.32. The van der Waals surface area contributed by atoms with Crippen LogP contribution >= 0.6 is 0 Å². The van der Waals surface area contributed by atoms with Crippen molar-refractivity contribution in [2.75, 3.05) is 19.6 Å². The zero-order valence-electron chi connectivity index (χ0n) is 5.91. The van der Waals surface area contributed by atoms with Gasteiger partial charge in [0, 0.05) is 19.1 Å². The smallest absolute Gasteiger partial charge is 0.0349 e. The van der Waals surface area contributed by atoms with E-state index in [0.29, 0.717) is 6.04 Å². The van der Waals surface area contributed by atoms with Gasteiger partial charge >= 0.3 is 0 Å². The quantitative estimate of drug-likeness (QED) is 0.448. The minimum Gasteiger partial charge on any atom is -0.315 e. The van der Waals surface area contributed by atoms with Crippen LogP contribution in [0, 0.1) is 0 Å². The summed E-state index contributed by atoms with van der Waals surface area (Å²) in [6.07, 6.45) is 1.24. The average molecular weight is 129 g/mol. The molecular formula is C6H15N3. The van der Waals surface area contributed by atoms with Gasteiger partial charge < -0.3 is 5.32 Å². The standard InChI is InChI=1S/C6H15N3/c1-2-8-9-6-3-4-7-5-6/h6-9H,2-5H2,1H3. The van der Waals surface area contributed by atoms with Crippen molar-refractivity contribution in [2.45, 2.75) is 19.4 Å². The van der Waals surface area contributed by atoms with E-state index in [9.17, 15) is 0 Å². The third-order valence-corrected chi connectivity index (χ3v) is 1.54. The zero-order valence-corrected chi connectivity index (χ0v) is 5.91. The van der Waals surface area contributed by atoms with Gasteiger partial charge in [0.15, 0.2) is 0 Å². The molecule has 0 aromatic carbocycles. The van der Waals surface area contributed by atoms with Crippen LogP contribution in [0.5, 0.6) is 0 Å². The summed E-state index contributed by atoms with van der Waals surface area (Å²) in [5.74, 6) is 0. The van der Waals surface area contributed by atoms with Crippen molar-refractivity contribution in [3.8, 4) is 0 Å². The number of nitrogens with one attached hydrogen (secondary N) is 3. The van der Waals surface area contributed by atoms with E-state index in [4.69, 9.17) is 0 Å². The predicted molar refractivity (Wildman–Crippen MR) is 38.1 cm³/mol. The van der Waals surface area contributed by atoms with E-state index in [1.54, 1.807) is 0 Å². The van der Waals surface area contributed by atoms with Gasteiger partial charge in [-0.25, -0.2) is 0 Å². The molecule has 1 rings (SSSR count). The Morgan fingerprint density at radius 3 is 3.11 bits per heavy atom.